The molecule has 2 nitrogen and oxygen atoms in total. The van der Waals surface area contributed by atoms with E-state index in [9.17, 15) is 0 Å². The smallest absolute Gasteiger partial charge is 0.0333 e. The number of aryl methyl sites for hydroxylation is 1. The summed E-state index contributed by atoms with van der Waals surface area (Å²) in [6.45, 7) is 6.14. The Bertz CT molecular complexity index is 314. The SMILES string of the molecule is Cc1ccc([C@H]2CNC[C@]2(C)N)cc1. The minimum absolute atomic E-state index is 0.102. The zero-order valence-corrected chi connectivity index (χ0v) is 8.88. The molecule has 0 aromatic heterocycles. The van der Waals surface area contributed by atoms with Gasteiger partial charge in [0.25, 0.3) is 0 Å². The van der Waals surface area contributed by atoms with Gasteiger partial charge in [0.1, 0.15) is 0 Å². The van der Waals surface area contributed by atoms with Crippen LogP contribution in [0.15, 0.2) is 24.3 Å². The van der Waals surface area contributed by atoms with Gasteiger partial charge in [0.15, 0.2) is 0 Å². The van der Waals surface area contributed by atoms with Gasteiger partial charge in [0.2, 0.25) is 0 Å². The maximum Gasteiger partial charge on any atom is 0.0333 e. The van der Waals surface area contributed by atoms with Gasteiger partial charge < -0.3 is 11.1 Å². The van der Waals surface area contributed by atoms with Gasteiger partial charge in [0.05, 0.1) is 0 Å². The summed E-state index contributed by atoms with van der Waals surface area (Å²) in [5, 5.41) is 3.35. The Morgan fingerprint density at radius 2 is 2.00 bits per heavy atom. The zero-order chi connectivity index (χ0) is 10.2. The van der Waals surface area contributed by atoms with Crippen molar-refractivity contribution in [3.63, 3.8) is 0 Å². The molecule has 1 aromatic carbocycles. The molecule has 2 rings (SSSR count). The fourth-order valence-corrected chi connectivity index (χ4v) is 2.14. The van der Waals surface area contributed by atoms with Crippen LogP contribution in [0.2, 0.25) is 0 Å². The normalized spacial score (nSPS) is 32.1. The predicted octanol–water partition coefficient (Wildman–Crippen LogP) is 1.40. The van der Waals surface area contributed by atoms with Crippen molar-refractivity contribution in [1.29, 1.82) is 0 Å². The fourth-order valence-electron chi connectivity index (χ4n) is 2.14. The second kappa shape index (κ2) is 3.37. The van der Waals surface area contributed by atoms with Gasteiger partial charge in [-0.2, -0.15) is 0 Å². The highest BCUT2D eigenvalue weighted by atomic mass is 15.0. The summed E-state index contributed by atoms with van der Waals surface area (Å²) in [7, 11) is 0. The summed E-state index contributed by atoms with van der Waals surface area (Å²) in [5.41, 5.74) is 8.78. The lowest BCUT2D eigenvalue weighted by Gasteiger charge is -2.26. The molecular weight excluding hydrogens is 172 g/mol. The van der Waals surface area contributed by atoms with E-state index in [1.165, 1.54) is 11.1 Å². The lowest BCUT2D eigenvalue weighted by atomic mass is 9.84. The maximum absolute atomic E-state index is 6.23. The molecule has 0 aliphatic carbocycles. The van der Waals surface area contributed by atoms with E-state index in [1.54, 1.807) is 0 Å². The first-order valence-corrected chi connectivity index (χ1v) is 5.16. The monoisotopic (exact) mass is 190 g/mol. The number of nitrogens with two attached hydrogens (primary N) is 1. The van der Waals surface area contributed by atoms with Gasteiger partial charge in [-0.15, -0.1) is 0 Å². The quantitative estimate of drug-likeness (QED) is 0.702. The van der Waals surface area contributed by atoms with Crippen molar-refractivity contribution >= 4 is 0 Å². The van der Waals surface area contributed by atoms with Crippen LogP contribution in [-0.4, -0.2) is 18.6 Å². The fraction of sp³-hybridized carbons (Fsp3) is 0.500. The lowest BCUT2D eigenvalue weighted by Crippen LogP contribution is -2.42. The number of hydrogen-bond acceptors (Lipinski definition) is 2. The molecule has 1 aliphatic heterocycles. The van der Waals surface area contributed by atoms with Crippen LogP contribution in [0.3, 0.4) is 0 Å². The number of nitrogens with one attached hydrogen (secondary N) is 1. The van der Waals surface area contributed by atoms with Crippen molar-refractivity contribution in [3.8, 4) is 0 Å². The Morgan fingerprint density at radius 1 is 1.36 bits per heavy atom. The Morgan fingerprint density at radius 3 is 2.50 bits per heavy atom. The van der Waals surface area contributed by atoms with E-state index in [1.807, 2.05) is 0 Å². The third kappa shape index (κ3) is 1.68. The van der Waals surface area contributed by atoms with Crippen LogP contribution in [0.1, 0.15) is 24.0 Å². The van der Waals surface area contributed by atoms with Crippen LogP contribution in [0.4, 0.5) is 0 Å². The lowest BCUT2D eigenvalue weighted by molar-refractivity contribution is 0.462. The Labute approximate surface area is 85.5 Å². The largest absolute Gasteiger partial charge is 0.324 e. The van der Waals surface area contributed by atoms with Gasteiger partial charge in [0, 0.05) is 24.5 Å². The van der Waals surface area contributed by atoms with E-state index in [0.717, 1.165) is 13.1 Å². The predicted molar refractivity (Wildman–Crippen MR) is 59.4 cm³/mol. The van der Waals surface area contributed by atoms with Crippen LogP contribution in [0, 0.1) is 6.92 Å². The number of benzene rings is 1. The van der Waals surface area contributed by atoms with E-state index < -0.39 is 0 Å². The molecule has 14 heavy (non-hydrogen) atoms. The molecule has 0 saturated carbocycles. The molecule has 2 atom stereocenters. The van der Waals surface area contributed by atoms with Crippen molar-refractivity contribution in [2.75, 3.05) is 13.1 Å². The van der Waals surface area contributed by atoms with Gasteiger partial charge >= 0.3 is 0 Å². The summed E-state index contributed by atoms with van der Waals surface area (Å²) < 4.78 is 0. The van der Waals surface area contributed by atoms with Crippen LogP contribution in [0.25, 0.3) is 0 Å². The van der Waals surface area contributed by atoms with Gasteiger partial charge in [-0.3, -0.25) is 0 Å². The van der Waals surface area contributed by atoms with E-state index in [4.69, 9.17) is 5.73 Å². The number of hydrogen-bond donors (Lipinski definition) is 2. The molecule has 76 valence electrons. The highest BCUT2D eigenvalue weighted by molar-refractivity contribution is 5.29. The third-order valence-electron chi connectivity index (χ3n) is 3.13. The average molecular weight is 190 g/mol. The van der Waals surface area contributed by atoms with Crippen LogP contribution >= 0.6 is 0 Å². The molecule has 0 unspecified atom stereocenters. The van der Waals surface area contributed by atoms with Crippen molar-refractivity contribution in [3.05, 3.63) is 35.4 Å². The first-order valence-electron chi connectivity index (χ1n) is 5.16. The van der Waals surface area contributed by atoms with Crippen molar-refractivity contribution in [2.24, 2.45) is 5.73 Å². The second-order valence-electron chi connectivity index (χ2n) is 4.60. The molecule has 1 aliphatic rings. The Hall–Kier alpha value is -0.860. The molecule has 0 radical (unpaired) electrons. The van der Waals surface area contributed by atoms with Crippen molar-refractivity contribution < 1.29 is 0 Å². The standard InChI is InChI=1S/C12H18N2/c1-9-3-5-10(6-4-9)11-7-14-8-12(11,2)13/h3-6,11,14H,7-8,13H2,1-2H3/t11-,12+/m1/s1. The highest BCUT2D eigenvalue weighted by Gasteiger charge is 2.35. The number of rotatable bonds is 1. The van der Waals surface area contributed by atoms with Crippen molar-refractivity contribution in [2.45, 2.75) is 25.3 Å². The summed E-state index contributed by atoms with van der Waals surface area (Å²) in [6, 6.07) is 8.70. The average Bonchev–Trinajstić information content (AvgIpc) is 2.47. The molecule has 2 heteroatoms. The first kappa shape index (κ1) is 9.69. The van der Waals surface area contributed by atoms with E-state index in [0.29, 0.717) is 5.92 Å². The minimum atomic E-state index is -0.102. The zero-order valence-electron chi connectivity index (χ0n) is 8.88. The van der Waals surface area contributed by atoms with Gasteiger partial charge in [-0.05, 0) is 19.4 Å². The Balaban J connectivity index is 2.27. The molecular formula is C12H18N2. The molecule has 1 saturated heterocycles. The minimum Gasteiger partial charge on any atom is -0.324 e. The molecule has 3 N–H and O–H groups in total. The maximum atomic E-state index is 6.23. The van der Waals surface area contributed by atoms with Crippen LogP contribution in [-0.2, 0) is 0 Å². The Kier molecular flexibility index (Phi) is 2.33. The summed E-state index contributed by atoms with van der Waals surface area (Å²) in [5.74, 6) is 0.447. The highest BCUT2D eigenvalue weighted by Crippen LogP contribution is 2.29. The van der Waals surface area contributed by atoms with Crippen LogP contribution in [0.5, 0.6) is 0 Å². The van der Waals surface area contributed by atoms with E-state index >= 15 is 0 Å². The van der Waals surface area contributed by atoms with Gasteiger partial charge in [-0.1, -0.05) is 29.8 Å². The molecule has 1 heterocycles. The summed E-state index contributed by atoms with van der Waals surface area (Å²) >= 11 is 0. The topological polar surface area (TPSA) is 38.0 Å². The first-order chi connectivity index (χ1) is 6.59. The summed E-state index contributed by atoms with van der Waals surface area (Å²) in [4.78, 5) is 0. The second-order valence-corrected chi connectivity index (χ2v) is 4.60. The molecule has 1 aromatic rings. The van der Waals surface area contributed by atoms with Crippen LogP contribution < -0.4 is 11.1 Å². The van der Waals surface area contributed by atoms with Gasteiger partial charge in [-0.25, -0.2) is 0 Å². The molecule has 1 fully saturated rings. The molecule has 0 amide bonds. The third-order valence-corrected chi connectivity index (χ3v) is 3.13. The van der Waals surface area contributed by atoms with E-state index in [-0.39, 0.29) is 5.54 Å². The molecule has 0 bridgehead atoms. The molecule has 0 spiro atoms. The van der Waals surface area contributed by atoms with Crippen molar-refractivity contribution in [1.82, 2.24) is 5.32 Å². The summed E-state index contributed by atoms with van der Waals surface area (Å²) in [6.07, 6.45) is 0. The van der Waals surface area contributed by atoms with E-state index in [2.05, 4.69) is 43.4 Å².